The number of phenolic OH excluding ortho intramolecular Hbond substituents is 2. The molecule has 6 nitrogen and oxygen atoms in total. The Morgan fingerprint density at radius 3 is 1.79 bits per heavy atom. The lowest BCUT2D eigenvalue weighted by molar-refractivity contribution is -0.0540. The molecule has 6 atom stereocenters. The molecule has 0 aliphatic heterocycles. The molecule has 4 aliphatic rings. The lowest BCUT2D eigenvalue weighted by Gasteiger charge is -2.58. The Morgan fingerprint density at radius 2 is 1.26 bits per heavy atom. The van der Waals surface area contributed by atoms with Crippen molar-refractivity contribution in [2.24, 2.45) is 45.3 Å². The minimum atomic E-state index is -0.464. The molecule has 0 saturated heterocycles. The van der Waals surface area contributed by atoms with E-state index in [4.69, 9.17) is 13.9 Å². The number of benzene rings is 2. The average molecular weight is 831 g/mol. The summed E-state index contributed by atoms with van der Waals surface area (Å²) >= 11 is 0. The fourth-order valence-corrected chi connectivity index (χ4v) is 13.4. The number of allylic oxidation sites excluding steroid dienone is 4. The average Bonchev–Trinajstić information content (AvgIpc) is 3.17. The number of rotatable bonds is 13. The van der Waals surface area contributed by atoms with Crippen LogP contribution in [0.1, 0.15) is 145 Å². The first-order valence-electron chi connectivity index (χ1n) is 23.4. The van der Waals surface area contributed by atoms with E-state index in [0.29, 0.717) is 51.9 Å². The Bertz CT molecular complexity index is 2230. The van der Waals surface area contributed by atoms with Gasteiger partial charge in [-0.3, -0.25) is 4.79 Å². The van der Waals surface area contributed by atoms with E-state index >= 15 is 0 Å². The van der Waals surface area contributed by atoms with Crippen LogP contribution in [0.3, 0.4) is 0 Å². The standard InChI is InChI=1S/C55H74O6/c1-35(13-21-42-37(3)15-23-46-52(5,6)27-11-29-54(42,46)9)25-31-59-41-33-44(57)48-45(34-41)61-50(39-17-19-40(56)20-18-39)51(49(48)58)60-32-26-36(2)14-22-43-38(4)16-24-47-53(7,8)28-12-30-55(43,47)10/h17-20,25-26,33-34,42-43,46-47,56-57H,3-4,11-16,21-24,27-32H2,1-2,5-10H3/b35-25+,36-26+/t42-,43-,46-,47-,54+,55+/m0/s1. The van der Waals surface area contributed by atoms with Crippen LogP contribution in [0, 0.1) is 45.3 Å². The third kappa shape index (κ3) is 9.03. The van der Waals surface area contributed by atoms with Gasteiger partial charge in [0.1, 0.15) is 41.4 Å². The lowest BCUT2D eigenvalue weighted by Crippen LogP contribution is -2.49. The highest BCUT2D eigenvalue weighted by Crippen LogP contribution is 2.63. The molecule has 0 unspecified atom stereocenters. The first kappa shape index (κ1) is 44.9. The van der Waals surface area contributed by atoms with Crippen LogP contribution in [0.25, 0.3) is 22.3 Å². The Balaban J connectivity index is 1.04. The van der Waals surface area contributed by atoms with E-state index in [1.54, 1.807) is 30.3 Å². The topological polar surface area (TPSA) is 89.1 Å². The molecular formula is C55H74O6. The quantitative estimate of drug-likeness (QED) is 0.167. The van der Waals surface area contributed by atoms with Crippen LogP contribution >= 0.6 is 0 Å². The van der Waals surface area contributed by atoms with Gasteiger partial charge in [0.25, 0.3) is 0 Å². The second kappa shape index (κ2) is 17.5. The van der Waals surface area contributed by atoms with E-state index in [9.17, 15) is 15.0 Å². The summed E-state index contributed by atoms with van der Waals surface area (Å²) in [7, 11) is 0. The molecule has 7 rings (SSSR count). The maximum Gasteiger partial charge on any atom is 0.239 e. The van der Waals surface area contributed by atoms with Gasteiger partial charge in [0.05, 0.1) is 0 Å². The van der Waals surface area contributed by atoms with Crippen LogP contribution in [0.4, 0.5) is 0 Å². The van der Waals surface area contributed by atoms with Gasteiger partial charge in [-0.2, -0.15) is 0 Å². The van der Waals surface area contributed by atoms with E-state index < -0.39 is 5.43 Å². The van der Waals surface area contributed by atoms with Crippen LogP contribution in [-0.4, -0.2) is 23.4 Å². The molecule has 2 N–H and O–H groups in total. The molecule has 2 aromatic carbocycles. The van der Waals surface area contributed by atoms with Crippen LogP contribution in [0.2, 0.25) is 0 Å². The van der Waals surface area contributed by atoms with E-state index in [1.807, 2.05) is 6.08 Å². The molecule has 6 heteroatoms. The predicted molar refractivity (Wildman–Crippen MR) is 250 cm³/mol. The summed E-state index contributed by atoms with van der Waals surface area (Å²) in [5.41, 5.74) is 6.93. The summed E-state index contributed by atoms with van der Waals surface area (Å²) in [6.07, 6.45) is 20.7. The SMILES string of the molecule is C=C1CC[C@H]2C(C)(C)CCC[C@]2(C)[C@H]1CC/C(C)=C/COc1cc(O)c2c(=O)c(OC/C=C(\C)CC[C@H]3C(=C)CC[C@H]4C(C)(C)CCC[C@]34C)c(-c3ccc(O)cc3)oc2c1. The molecule has 0 spiro atoms. The zero-order valence-electron chi connectivity index (χ0n) is 38.7. The van der Waals surface area contributed by atoms with Crippen molar-refractivity contribution in [2.45, 2.75) is 145 Å². The van der Waals surface area contributed by atoms with E-state index in [-0.39, 0.29) is 46.0 Å². The maximum atomic E-state index is 14.2. The number of hydrogen-bond acceptors (Lipinski definition) is 6. The minimum Gasteiger partial charge on any atom is -0.508 e. The van der Waals surface area contributed by atoms with Crippen LogP contribution in [-0.2, 0) is 0 Å². The molecule has 0 amide bonds. The maximum absolute atomic E-state index is 14.2. The van der Waals surface area contributed by atoms with Crippen LogP contribution in [0.5, 0.6) is 23.0 Å². The van der Waals surface area contributed by atoms with Gasteiger partial charge in [-0.1, -0.05) is 89.8 Å². The van der Waals surface area contributed by atoms with Gasteiger partial charge in [0.2, 0.25) is 11.2 Å². The highest BCUT2D eigenvalue weighted by atomic mass is 16.5. The Morgan fingerprint density at radius 1 is 0.754 bits per heavy atom. The highest BCUT2D eigenvalue weighted by Gasteiger charge is 2.53. The number of fused-ring (bicyclic) bond motifs is 3. The summed E-state index contributed by atoms with van der Waals surface area (Å²) < 4.78 is 18.8. The molecule has 330 valence electrons. The summed E-state index contributed by atoms with van der Waals surface area (Å²) in [4.78, 5) is 14.2. The second-order valence-corrected chi connectivity index (χ2v) is 21.6. The lowest BCUT2D eigenvalue weighted by atomic mass is 9.47. The van der Waals surface area contributed by atoms with E-state index in [0.717, 1.165) is 44.4 Å². The van der Waals surface area contributed by atoms with Crippen molar-refractivity contribution < 1.29 is 24.1 Å². The monoisotopic (exact) mass is 831 g/mol. The number of aromatic hydroxyl groups is 2. The predicted octanol–water partition coefficient (Wildman–Crippen LogP) is 14.7. The van der Waals surface area contributed by atoms with Crippen molar-refractivity contribution in [3.05, 3.63) is 94.2 Å². The van der Waals surface area contributed by atoms with Crippen LogP contribution < -0.4 is 14.9 Å². The van der Waals surface area contributed by atoms with Crippen molar-refractivity contribution in [3.8, 4) is 34.3 Å². The largest absolute Gasteiger partial charge is 0.508 e. The van der Waals surface area contributed by atoms with Crippen molar-refractivity contribution in [3.63, 3.8) is 0 Å². The molecule has 1 aromatic heterocycles. The van der Waals surface area contributed by atoms with Gasteiger partial charge in [-0.05, 0) is 173 Å². The van der Waals surface area contributed by atoms with Crippen molar-refractivity contribution in [1.82, 2.24) is 0 Å². The molecule has 3 aromatic rings. The van der Waals surface area contributed by atoms with Gasteiger partial charge in [-0.25, -0.2) is 0 Å². The van der Waals surface area contributed by atoms with Gasteiger partial charge in [0.15, 0.2) is 5.76 Å². The van der Waals surface area contributed by atoms with Gasteiger partial charge >= 0.3 is 0 Å². The van der Waals surface area contributed by atoms with Gasteiger partial charge in [-0.15, -0.1) is 0 Å². The zero-order valence-corrected chi connectivity index (χ0v) is 38.7. The zero-order chi connectivity index (χ0) is 43.9. The summed E-state index contributed by atoms with van der Waals surface area (Å²) in [5, 5.41) is 21.4. The van der Waals surface area contributed by atoms with Crippen molar-refractivity contribution in [2.75, 3.05) is 13.2 Å². The fourth-order valence-electron chi connectivity index (χ4n) is 13.4. The Labute approximate surface area is 366 Å². The number of ether oxygens (including phenoxy) is 2. The minimum absolute atomic E-state index is 0.0165. The van der Waals surface area contributed by atoms with E-state index in [1.165, 1.54) is 79.7 Å². The third-order valence-electron chi connectivity index (χ3n) is 16.7. The molecule has 0 bridgehead atoms. The molecular weight excluding hydrogens is 757 g/mol. The molecule has 61 heavy (non-hydrogen) atoms. The Hall–Kier alpha value is -4.19. The highest BCUT2D eigenvalue weighted by molar-refractivity contribution is 5.88. The van der Waals surface area contributed by atoms with Crippen LogP contribution in [0.15, 0.2) is 93.2 Å². The third-order valence-corrected chi connectivity index (χ3v) is 16.7. The summed E-state index contributed by atoms with van der Waals surface area (Å²) in [6.45, 7) is 28.9. The first-order valence-corrected chi connectivity index (χ1v) is 23.4. The van der Waals surface area contributed by atoms with Gasteiger partial charge in [0, 0.05) is 17.7 Å². The summed E-state index contributed by atoms with van der Waals surface area (Å²) in [5.74, 6) is 2.99. The van der Waals surface area contributed by atoms with Crippen molar-refractivity contribution >= 4 is 11.0 Å². The smallest absolute Gasteiger partial charge is 0.239 e. The Kier molecular flexibility index (Phi) is 12.9. The molecule has 4 saturated carbocycles. The molecule has 4 aliphatic carbocycles. The summed E-state index contributed by atoms with van der Waals surface area (Å²) in [6, 6.07) is 9.62. The molecule has 4 fully saturated rings. The molecule has 1 heterocycles. The molecule has 0 radical (unpaired) electrons. The van der Waals surface area contributed by atoms with Gasteiger partial charge < -0.3 is 24.1 Å². The number of hydrogen-bond donors (Lipinski definition) is 2. The fraction of sp³-hybridized carbons (Fsp3) is 0.582. The normalized spacial score (nSPS) is 28.9. The number of phenols is 2. The second-order valence-electron chi connectivity index (χ2n) is 21.6. The van der Waals surface area contributed by atoms with E-state index in [2.05, 4.69) is 74.6 Å². The first-order chi connectivity index (χ1) is 28.8. The van der Waals surface area contributed by atoms with Crippen molar-refractivity contribution in [1.29, 1.82) is 0 Å².